The lowest BCUT2D eigenvalue weighted by Gasteiger charge is -2.17. The van der Waals surface area contributed by atoms with E-state index >= 15 is 0 Å². The molecule has 0 saturated heterocycles. The summed E-state index contributed by atoms with van der Waals surface area (Å²) in [6, 6.07) is 15.2. The average Bonchev–Trinajstić information content (AvgIpc) is 3.17. The number of halogens is 1. The molecule has 5 rings (SSSR count). The zero-order valence-corrected chi connectivity index (χ0v) is 18.0. The summed E-state index contributed by atoms with van der Waals surface area (Å²) in [4.78, 5) is 44.1. The molecular formula is C21H13BrN4O3S. The van der Waals surface area contributed by atoms with Gasteiger partial charge in [-0.2, -0.15) is 14.6 Å². The molecule has 0 saturated carbocycles. The molecule has 7 nitrogen and oxygen atoms in total. The van der Waals surface area contributed by atoms with Gasteiger partial charge in [-0.25, -0.2) is 0 Å². The number of anilines is 1. The van der Waals surface area contributed by atoms with Crippen LogP contribution in [-0.4, -0.2) is 20.5 Å². The lowest BCUT2D eigenvalue weighted by molar-refractivity contribution is -0.113. The standard InChI is InChI=1S/C21H13BrN4O3S/c1-11-18(27)23-21-26(24-11)20(29)17(30-21)16-14-9-13(22)7-8-15(14)25(19(16)28)10-12-5-3-2-4-6-12/h2-9H,10H2,1H3. The molecule has 30 heavy (non-hydrogen) atoms. The Balaban J connectivity index is 1.79. The van der Waals surface area contributed by atoms with Gasteiger partial charge in [-0.3, -0.25) is 14.4 Å². The number of hydrogen-bond donors (Lipinski definition) is 0. The lowest BCUT2D eigenvalue weighted by atomic mass is 10.1. The molecule has 0 fully saturated rings. The van der Waals surface area contributed by atoms with Crippen LogP contribution in [0, 0.1) is 6.92 Å². The molecule has 148 valence electrons. The van der Waals surface area contributed by atoms with Gasteiger partial charge in [0.15, 0.2) is 0 Å². The van der Waals surface area contributed by atoms with Crippen LogP contribution in [0.3, 0.4) is 0 Å². The van der Waals surface area contributed by atoms with E-state index in [1.165, 1.54) is 6.92 Å². The highest BCUT2D eigenvalue weighted by atomic mass is 79.9. The van der Waals surface area contributed by atoms with Gasteiger partial charge in [0.25, 0.3) is 17.0 Å². The van der Waals surface area contributed by atoms with Gasteiger partial charge in [-0.05, 0) is 30.7 Å². The quantitative estimate of drug-likeness (QED) is 0.438. The van der Waals surface area contributed by atoms with Crippen LogP contribution >= 0.6 is 27.3 Å². The zero-order valence-electron chi connectivity index (χ0n) is 15.6. The molecule has 2 aromatic carbocycles. The van der Waals surface area contributed by atoms with Crippen molar-refractivity contribution in [1.82, 2.24) is 14.6 Å². The van der Waals surface area contributed by atoms with Gasteiger partial charge < -0.3 is 4.90 Å². The number of aromatic nitrogens is 3. The zero-order chi connectivity index (χ0) is 21.0. The maximum atomic E-state index is 13.5. The number of fused-ring (bicyclic) bond motifs is 2. The van der Waals surface area contributed by atoms with Crippen LogP contribution in [0.4, 0.5) is 5.69 Å². The number of amides is 1. The number of aryl methyl sites for hydroxylation is 1. The number of nitrogens with zero attached hydrogens (tertiary/aromatic N) is 4. The summed E-state index contributed by atoms with van der Waals surface area (Å²) >= 11 is 4.46. The maximum Gasteiger partial charge on any atom is 0.295 e. The van der Waals surface area contributed by atoms with Crippen LogP contribution in [0.15, 0.2) is 62.6 Å². The molecule has 9 heteroatoms. The molecule has 0 spiro atoms. The minimum atomic E-state index is -0.487. The first kappa shape index (κ1) is 18.8. The number of hydrogen-bond acceptors (Lipinski definition) is 6. The highest BCUT2D eigenvalue weighted by molar-refractivity contribution is 9.10. The number of carbonyl (C=O) groups is 1. The summed E-state index contributed by atoms with van der Waals surface area (Å²) in [5.41, 5.74) is 1.85. The molecule has 2 aromatic heterocycles. The van der Waals surface area contributed by atoms with Crippen molar-refractivity contribution in [1.29, 1.82) is 0 Å². The number of benzene rings is 2. The second kappa shape index (κ2) is 6.96. The first-order valence-electron chi connectivity index (χ1n) is 9.04. The van der Waals surface area contributed by atoms with Crippen LogP contribution < -0.4 is 20.6 Å². The van der Waals surface area contributed by atoms with E-state index < -0.39 is 11.1 Å². The average molecular weight is 481 g/mol. The van der Waals surface area contributed by atoms with E-state index in [1.54, 1.807) is 4.90 Å². The molecule has 0 radical (unpaired) electrons. The summed E-state index contributed by atoms with van der Waals surface area (Å²) in [5, 5.41) is 4.04. The SMILES string of the molecule is Cc1nn2c(=O)c(=C3C(=O)N(Cc4ccccc4)c4ccc(Br)cc43)sc2nc1=O. The summed E-state index contributed by atoms with van der Waals surface area (Å²) in [7, 11) is 0. The third-order valence-electron chi connectivity index (χ3n) is 4.91. The molecule has 0 bridgehead atoms. The predicted octanol–water partition coefficient (Wildman–Crippen LogP) is 2.05. The Bertz CT molecular complexity index is 1510. The highest BCUT2D eigenvalue weighted by Crippen LogP contribution is 2.38. The number of rotatable bonds is 2. The topological polar surface area (TPSA) is 84.6 Å². The summed E-state index contributed by atoms with van der Waals surface area (Å²) in [5.74, 6) is -0.268. The molecule has 0 N–H and O–H groups in total. The molecule has 1 aliphatic rings. The summed E-state index contributed by atoms with van der Waals surface area (Å²) in [6.45, 7) is 1.88. The first-order valence-corrected chi connectivity index (χ1v) is 10.7. The Kier molecular flexibility index (Phi) is 4.37. The fourth-order valence-corrected chi connectivity index (χ4v) is 4.84. The minimum absolute atomic E-state index is 0.130. The minimum Gasteiger partial charge on any atom is -0.303 e. The third kappa shape index (κ3) is 2.89. The first-order chi connectivity index (χ1) is 14.4. The number of thiazole rings is 1. The second-order valence-electron chi connectivity index (χ2n) is 6.85. The van der Waals surface area contributed by atoms with E-state index in [1.807, 2.05) is 48.5 Å². The van der Waals surface area contributed by atoms with Crippen LogP contribution in [0.1, 0.15) is 16.8 Å². The van der Waals surface area contributed by atoms with Gasteiger partial charge in [0.2, 0.25) is 4.96 Å². The highest BCUT2D eigenvalue weighted by Gasteiger charge is 2.34. The summed E-state index contributed by atoms with van der Waals surface area (Å²) in [6.07, 6.45) is 0. The Labute approximate surface area is 182 Å². The summed E-state index contributed by atoms with van der Waals surface area (Å²) < 4.78 is 2.11. The largest absolute Gasteiger partial charge is 0.303 e. The molecule has 0 unspecified atom stereocenters. The van der Waals surface area contributed by atoms with E-state index in [2.05, 4.69) is 26.0 Å². The fraction of sp³-hybridized carbons (Fsp3) is 0.0952. The van der Waals surface area contributed by atoms with Crippen LogP contribution in [0.25, 0.3) is 10.5 Å². The van der Waals surface area contributed by atoms with Crippen molar-refractivity contribution >= 4 is 49.4 Å². The normalized spacial score (nSPS) is 15.1. The smallest absolute Gasteiger partial charge is 0.295 e. The maximum absolute atomic E-state index is 13.5. The van der Waals surface area contributed by atoms with Crippen molar-refractivity contribution in [2.45, 2.75) is 13.5 Å². The van der Waals surface area contributed by atoms with Gasteiger partial charge in [0.05, 0.1) is 17.8 Å². The molecule has 0 atom stereocenters. The lowest BCUT2D eigenvalue weighted by Crippen LogP contribution is -2.33. The van der Waals surface area contributed by atoms with Crippen molar-refractivity contribution in [2.75, 3.05) is 4.90 Å². The third-order valence-corrected chi connectivity index (χ3v) is 6.43. The van der Waals surface area contributed by atoms with E-state index in [4.69, 9.17) is 0 Å². The molecule has 1 amide bonds. The monoisotopic (exact) mass is 480 g/mol. The van der Waals surface area contributed by atoms with Crippen molar-refractivity contribution in [2.24, 2.45) is 0 Å². The van der Waals surface area contributed by atoms with Gasteiger partial charge in [-0.15, -0.1) is 0 Å². The van der Waals surface area contributed by atoms with E-state index in [-0.39, 0.29) is 21.1 Å². The predicted molar refractivity (Wildman–Crippen MR) is 118 cm³/mol. The van der Waals surface area contributed by atoms with Crippen LogP contribution in [-0.2, 0) is 11.3 Å². The van der Waals surface area contributed by atoms with E-state index in [0.717, 1.165) is 31.6 Å². The number of carbonyl (C=O) groups excluding carboxylic acids is 1. The van der Waals surface area contributed by atoms with Crippen molar-refractivity contribution in [3.63, 3.8) is 0 Å². The van der Waals surface area contributed by atoms with Crippen molar-refractivity contribution in [3.8, 4) is 0 Å². The molecule has 0 aliphatic carbocycles. The van der Waals surface area contributed by atoms with Crippen LogP contribution in [0.2, 0.25) is 0 Å². The molecular weight excluding hydrogens is 468 g/mol. The fourth-order valence-electron chi connectivity index (χ4n) is 3.48. The molecule has 4 aromatic rings. The Morgan fingerprint density at radius 1 is 1.07 bits per heavy atom. The van der Waals surface area contributed by atoms with Crippen LogP contribution in [0.5, 0.6) is 0 Å². The van der Waals surface area contributed by atoms with Gasteiger partial charge in [0.1, 0.15) is 10.2 Å². The van der Waals surface area contributed by atoms with Crippen molar-refractivity contribution in [3.05, 3.63) is 95.1 Å². The second-order valence-corrected chi connectivity index (χ2v) is 8.74. The molecule has 1 aliphatic heterocycles. The molecule has 3 heterocycles. The van der Waals surface area contributed by atoms with E-state index in [9.17, 15) is 14.4 Å². The van der Waals surface area contributed by atoms with Gasteiger partial charge in [0, 0.05) is 10.0 Å². The van der Waals surface area contributed by atoms with Gasteiger partial charge in [-0.1, -0.05) is 57.6 Å². The van der Waals surface area contributed by atoms with Crippen molar-refractivity contribution < 1.29 is 4.79 Å². The Morgan fingerprint density at radius 3 is 2.60 bits per heavy atom. The van der Waals surface area contributed by atoms with Gasteiger partial charge >= 0.3 is 0 Å². The van der Waals surface area contributed by atoms with E-state index in [0.29, 0.717) is 17.7 Å². The Hall–Kier alpha value is -3.17. The Morgan fingerprint density at radius 2 is 1.83 bits per heavy atom.